The molecule has 0 spiro atoms. The lowest BCUT2D eigenvalue weighted by Crippen LogP contribution is -2.34. The van der Waals surface area contributed by atoms with Crippen LogP contribution in [0.4, 0.5) is 4.39 Å². The molecule has 2 nitrogen and oxygen atoms in total. The molecular weight excluding hydrogens is 253 g/mol. The van der Waals surface area contributed by atoms with E-state index in [1.165, 1.54) is 44.2 Å². The van der Waals surface area contributed by atoms with Crippen molar-refractivity contribution in [2.45, 2.75) is 38.1 Å². The van der Waals surface area contributed by atoms with Crippen LogP contribution in [0.15, 0.2) is 18.2 Å². The maximum absolute atomic E-state index is 12.8. The second kappa shape index (κ2) is 6.95. The van der Waals surface area contributed by atoms with Crippen molar-refractivity contribution in [2.24, 2.45) is 0 Å². The Labute approximate surface area is 112 Å². The summed E-state index contributed by atoms with van der Waals surface area (Å²) in [6.45, 7) is 1.36. The maximum atomic E-state index is 12.8. The van der Waals surface area contributed by atoms with E-state index < -0.39 is 0 Å². The lowest BCUT2D eigenvalue weighted by molar-refractivity contribution is 0.289. The molecule has 1 saturated carbocycles. The normalized spacial score (nSPS) is 16.8. The topological polar surface area (TPSA) is 21.3 Å². The summed E-state index contributed by atoms with van der Waals surface area (Å²) in [6, 6.07) is 4.82. The van der Waals surface area contributed by atoms with Gasteiger partial charge in [-0.1, -0.05) is 30.9 Å². The Hall–Kier alpha value is -0.800. The van der Waals surface area contributed by atoms with Gasteiger partial charge >= 0.3 is 0 Å². The average molecular weight is 272 g/mol. The summed E-state index contributed by atoms with van der Waals surface area (Å²) < 4.78 is 18.3. The molecule has 0 heterocycles. The first-order valence-electron chi connectivity index (χ1n) is 6.57. The highest BCUT2D eigenvalue weighted by Gasteiger charge is 2.12. The summed E-state index contributed by atoms with van der Waals surface area (Å²) in [4.78, 5) is 0. The molecule has 1 aliphatic rings. The van der Waals surface area contributed by atoms with Gasteiger partial charge in [0.15, 0.2) is 0 Å². The minimum absolute atomic E-state index is 0.327. The van der Waals surface area contributed by atoms with Crippen molar-refractivity contribution in [3.63, 3.8) is 0 Å². The number of nitrogens with one attached hydrogen (secondary N) is 1. The molecule has 0 amide bonds. The SMILES string of the molecule is Fc1ccc(OCCNC2CCCCC2)c(Cl)c1. The highest BCUT2D eigenvalue weighted by atomic mass is 35.5. The number of benzene rings is 1. The predicted molar refractivity (Wildman–Crippen MR) is 71.8 cm³/mol. The Kier molecular flexibility index (Phi) is 5.26. The molecule has 4 heteroatoms. The summed E-state index contributed by atoms with van der Waals surface area (Å²) in [5.41, 5.74) is 0. The Morgan fingerprint density at radius 3 is 2.78 bits per heavy atom. The van der Waals surface area contributed by atoms with Gasteiger partial charge in [-0.2, -0.15) is 0 Å². The molecule has 2 rings (SSSR count). The van der Waals surface area contributed by atoms with E-state index in [-0.39, 0.29) is 5.82 Å². The van der Waals surface area contributed by atoms with Gasteiger partial charge in [-0.15, -0.1) is 0 Å². The molecule has 18 heavy (non-hydrogen) atoms. The van der Waals surface area contributed by atoms with Crippen molar-refractivity contribution in [2.75, 3.05) is 13.2 Å². The Balaban J connectivity index is 1.68. The molecule has 1 aromatic carbocycles. The quantitative estimate of drug-likeness (QED) is 0.823. The van der Waals surface area contributed by atoms with Crippen LogP contribution in [0.1, 0.15) is 32.1 Å². The second-order valence-corrected chi connectivity index (χ2v) is 5.12. The van der Waals surface area contributed by atoms with E-state index in [4.69, 9.17) is 16.3 Å². The van der Waals surface area contributed by atoms with E-state index in [1.807, 2.05) is 0 Å². The molecule has 0 radical (unpaired) electrons. The van der Waals surface area contributed by atoms with Crippen molar-refractivity contribution in [1.29, 1.82) is 0 Å². The summed E-state index contributed by atoms with van der Waals surface area (Å²) in [7, 11) is 0. The third-order valence-electron chi connectivity index (χ3n) is 3.29. The fourth-order valence-corrected chi connectivity index (χ4v) is 2.54. The van der Waals surface area contributed by atoms with Gasteiger partial charge in [0.1, 0.15) is 18.2 Å². The fourth-order valence-electron chi connectivity index (χ4n) is 2.32. The highest BCUT2D eigenvalue weighted by molar-refractivity contribution is 6.32. The maximum Gasteiger partial charge on any atom is 0.138 e. The third kappa shape index (κ3) is 4.14. The minimum Gasteiger partial charge on any atom is -0.491 e. The predicted octanol–water partition coefficient (Wildman–Crippen LogP) is 3.78. The van der Waals surface area contributed by atoms with E-state index in [2.05, 4.69) is 5.32 Å². The summed E-state index contributed by atoms with van der Waals surface area (Å²) in [5, 5.41) is 3.81. The summed E-state index contributed by atoms with van der Waals surface area (Å²) >= 11 is 5.87. The van der Waals surface area contributed by atoms with Crippen molar-refractivity contribution in [3.8, 4) is 5.75 Å². The molecule has 100 valence electrons. The summed E-state index contributed by atoms with van der Waals surface area (Å²) in [6.07, 6.45) is 6.53. The molecule has 1 fully saturated rings. The van der Waals surface area contributed by atoms with Crippen molar-refractivity contribution < 1.29 is 9.13 Å². The third-order valence-corrected chi connectivity index (χ3v) is 3.59. The van der Waals surface area contributed by atoms with Gasteiger partial charge in [-0.25, -0.2) is 4.39 Å². The standard InChI is InChI=1S/C14H19ClFNO/c15-13-10-11(16)6-7-14(13)18-9-8-17-12-4-2-1-3-5-12/h6-7,10,12,17H,1-5,8-9H2. The molecular formula is C14H19ClFNO. The van der Waals surface area contributed by atoms with E-state index in [0.717, 1.165) is 6.54 Å². The Morgan fingerprint density at radius 1 is 1.28 bits per heavy atom. The molecule has 0 bridgehead atoms. The van der Waals surface area contributed by atoms with Crippen LogP contribution in [0.3, 0.4) is 0 Å². The van der Waals surface area contributed by atoms with Gasteiger partial charge in [0, 0.05) is 12.6 Å². The van der Waals surface area contributed by atoms with Gasteiger partial charge in [0.2, 0.25) is 0 Å². The number of rotatable bonds is 5. The van der Waals surface area contributed by atoms with E-state index in [0.29, 0.717) is 23.4 Å². The van der Waals surface area contributed by atoms with Gasteiger partial charge in [-0.05, 0) is 31.0 Å². The number of ether oxygens (including phenoxy) is 1. The van der Waals surface area contributed by atoms with Crippen LogP contribution in [0.5, 0.6) is 5.75 Å². The molecule has 1 aromatic rings. The molecule has 0 unspecified atom stereocenters. The minimum atomic E-state index is -0.340. The summed E-state index contributed by atoms with van der Waals surface area (Å²) in [5.74, 6) is 0.205. The largest absolute Gasteiger partial charge is 0.491 e. The zero-order valence-electron chi connectivity index (χ0n) is 10.4. The molecule has 1 aliphatic carbocycles. The van der Waals surface area contributed by atoms with Gasteiger partial charge < -0.3 is 10.1 Å². The first-order valence-corrected chi connectivity index (χ1v) is 6.95. The number of hydrogen-bond acceptors (Lipinski definition) is 2. The van der Waals surface area contributed by atoms with E-state index in [9.17, 15) is 4.39 Å². The van der Waals surface area contributed by atoms with E-state index in [1.54, 1.807) is 6.07 Å². The Bertz CT molecular complexity index is 380. The highest BCUT2D eigenvalue weighted by Crippen LogP contribution is 2.24. The molecule has 0 aliphatic heterocycles. The van der Waals surface area contributed by atoms with Crippen LogP contribution in [-0.2, 0) is 0 Å². The number of halogens is 2. The van der Waals surface area contributed by atoms with Crippen molar-refractivity contribution >= 4 is 11.6 Å². The van der Waals surface area contributed by atoms with Gasteiger partial charge in [0.25, 0.3) is 0 Å². The average Bonchev–Trinajstić information content (AvgIpc) is 2.38. The zero-order valence-corrected chi connectivity index (χ0v) is 11.2. The van der Waals surface area contributed by atoms with E-state index >= 15 is 0 Å². The fraction of sp³-hybridized carbons (Fsp3) is 0.571. The van der Waals surface area contributed by atoms with Crippen LogP contribution in [0.25, 0.3) is 0 Å². The van der Waals surface area contributed by atoms with Crippen LogP contribution < -0.4 is 10.1 Å². The zero-order chi connectivity index (χ0) is 12.8. The lowest BCUT2D eigenvalue weighted by Gasteiger charge is -2.22. The first-order chi connectivity index (χ1) is 8.75. The number of hydrogen-bond donors (Lipinski definition) is 1. The lowest BCUT2D eigenvalue weighted by atomic mass is 9.96. The molecule has 0 saturated heterocycles. The van der Waals surface area contributed by atoms with Gasteiger partial charge in [0.05, 0.1) is 5.02 Å². The first kappa shape index (κ1) is 13.6. The van der Waals surface area contributed by atoms with Crippen molar-refractivity contribution in [3.05, 3.63) is 29.0 Å². The van der Waals surface area contributed by atoms with Crippen molar-refractivity contribution in [1.82, 2.24) is 5.32 Å². The van der Waals surface area contributed by atoms with Gasteiger partial charge in [-0.3, -0.25) is 0 Å². The molecule has 0 atom stereocenters. The van der Waals surface area contributed by atoms with Crippen LogP contribution >= 0.6 is 11.6 Å². The molecule has 1 N–H and O–H groups in total. The van der Waals surface area contributed by atoms with Crippen LogP contribution in [0, 0.1) is 5.82 Å². The smallest absolute Gasteiger partial charge is 0.138 e. The Morgan fingerprint density at radius 2 is 2.06 bits per heavy atom. The molecule has 0 aromatic heterocycles. The second-order valence-electron chi connectivity index (χ2n) is 4.71. The monoisotopic (exact) mass is 271 g/mol. The van der Waals surface area contributed by atoms with Crippen LogP contribution in [0.2, 0.25) is 5.02 Å². The van der Waals surface area contributed by atoms with Crippen LogP contribution in [-0.4, -0.2) is 19.2 Å².